The van der Waals surface area contributed by atoms with E-state index in [0.717, 1.165) is 48.8 Å². The van der Waals surface area contributed by atoms with Crippen LogP contribution in [-0.4, -0.2) is 43.9 Å². The molecule has 1 saturated carbocycles. The van der Waals surface area contributed by atoms with Gasteiger partial charge in [0.1, 0.15) is 5.75 Å². The van der Waals surface area contributed by atoms with E-state index in [1.54, 1.807) is 29.5 Å². The number of hydrogen-bond donors (Lipinski definition) is 1. The maximum Gasteiger partial charge on any atom is 0.254 e. The van der Waals surface area contributed by atoms with Crippen molar-refractivity contribution in [1.82, 2.24) is 14.8 Å². The number of ether oxygens (including phenoxy) is 1. The SMILES string of the molecule is O=C(c1ccc(OCCC[C@@H]2CCN(NS(=O)(=O)c3cccc4ccncc34)C2)cc1)C1CC1. The highest BCUT2D eigenvalue weighted by Crippen LogP contribution is 2.33. The van der Waals surface area contributed by atoms with Gasteiger partial charge in [-0.05, 0) is 79.8 Å². The highest BCUT2D eigenvalue weighted by molar-refractivity contribution is 7.89. The Morgan fingerprint density at radius 3 is 2.71 bits per heavy atom. The molecule has 2 fully saturated rings. The molecule has 7 nitrogen and oxygen atoms in total. The molecule has 2 heterocycles. The molecule has 0 spiro atoms. The number of sulfonamides is 1. The maximum atomic E-state index is 13.0. The number of carbonyl (C=O) groups is 1. The summed E-state index contributed by atoms with van der Waals surface area (Å²) < 4.78 is 31.9. The molecule has 0 bridgehead atoms. The zero-order chi connectivity index (χ0) is 23.5. The molecular weight excluding hydrogens is 450 g/mol. The van der Waals surface area contributed by atoms with Crippen molar-refractivity contribution in [2.45, 2.75) is 37.0 Å². The third-order valence-corrected chi connectivity index (χ3v) is 8.01. The normalized spacial score (nSPS) is 18.9. The fourth-order valence-electron chi connectivity index (χ4n) is 4.55. The lowest BCUT2D eigenvalue weighted by Gasteiger charge is -2.18. The molecular formula is C26H29N3O4S. The molecule has 34 heavy (non-hydrogen) atoms. The highest BCUT2D eigenvalue weighted by Gasteiger charge is 2.30. The highest BCUT2D eigenvalue weighted by atomic mass is 32.2. The van der Waals surface area contributed by atoms with Gasteiger partial charge in [0.15, 0.2) is 5.78 Å². The number of hydrogen-bond acceptors (Lipinski definition) is 6. The third-order valence-electron chi connectivity index (χ3n) is 6.58. The largest absolute Gasteiger partial charge is 0.494 e. The third kappa shape index (κ3) is 5.29. The second-order valence-corrected chi connectivity index (χ2v) is 10.8. The summed E-state index contributed by atoms with van der Waals surface area (Å²) in [6.45, 7) is 1.96. The minimum atomic E-state index is -3.68. The number of Topliss-reactive ketones (excluding diaryl/α,β-unsaturated/α-hetero) is 1. The standard InChI is InChI=1S/C26H29N3O4S/c30-26(21-6-7-21)22-8-10-23(11-9-22)33-16-2-3-19-13-15-29(18-19)28-34(31,32)25-5-1-4-20-12-14-27-17-24(20)25/h1,4-5,8-12,14,17,19,21,28H,2-3,6-7,13,15-16,18H2/t19-/m1/s1. The van der Waals surface area contributed by atoms with Crippen molar-refractivity contribution >= 4 is 26.6 Å². The Morgan fingerprint density at radius 1 is 1.09 bits per heavy atom. The molecule has 1 saturated heterocycles. The Labute approximate surface area is 200 Å². The Bertz CT molecular complexity index is 1270. The van der Waals surface area contributed by atoms with Crippen LogP contribution in [0.1, 0.15) is 42.5 Å². The monoisotopic (exact) mass is 479 g/mol. The van der Waals surface area contributed by atoms with Crippen LogP contribution in [0.25, 0.3) is 10.8 Å². The topological polar surface area (TPSA) is 88.6 Å². The predicted octanol–water partition coefficient (Wildman–Crippen LogP) is 4.20. The lowest BCUT2D eigenvalue weighted by Crippen LogP contribution is -2.40. The van der Waals surface area contributed by atoms with Gasteiger partial charge < -0.3 is 4.74 Å². The average molecular weight is 480 g/mol. The van der Waals surface area contributed by atoms with Crippen LogP contribution in [0.2, 0.25) is 0 Å². The van der Waals surface area contributed by atoms with Gasteiger partial charge in [0, 0.05) is 42.4 Å². The number of aromatic nitrogens is 1. The lowest BCUT2D eigenvalue weighted by molar-refractivity contribution is 0.0967. The van der Waals surface area contributed by atoms with Gasteiger partial charge in [0.05, 0.1) is 11.5 Å². The summed E-state index contributed by atoms with van der Waals surface area (Å²) in [7, 11) is -3.68. The Hall–Kier alpha value is -2.81. The fourth-order valence-corrected chi connectivity index (χ4v) is 5.87. The molecule has 1 N–H and O–H groups in total. The molecule has 2 aliphatic rings. The second kappa shape index (κ2) is 9.82. The first-order valence-electron chi connectivity index (χ1n) is 11.9. The molecule has 1 aliphatic carbocycles. The van der Waals surface area contributed by atoms with Gasteiger partial charge in [-0.15, -0.1) is 4.83 Å². The lowest BCUT2D eigenvalue weighted by atomic mass is 10.0. The van der Waals surface area contributed by atoms with Crippen LogP contribution in [0, 0.1) is 11.8 Å². The van der Waals surface area contributed by atoms with Gasteiger partial charge in [-0.25, -0.2) is 13.4 Å². The summed E-state index contributed by atoms with van der Waals surface area (Å²) in [5, 5.41) is 3.27. The first-order chi connectivity index (χ1) is 16.5. The van der Waals surface area contributed by atoms with Crippen LogP contribution in [-0.2, 0) is 10.0 Å². The van der Waals surface area contributed by atoms with Crippen molar-refractivity contribution in [2.24, 2.45) is 11.8 Å². The smallest absolute Gasteiger partial charge is 0.254 e. The van der Waals surface area contributed by atoms with Gasteiger partial charge in [-0.1, -0.05) is 12.1 Å². The number of nitrogens with zero attached hydrogens (tertiary/aromatic N) is 2. The van der Waals surface area contributed by atoms with E-state index >= 15 is 0 Å². The number of ketones is 1. The maximum absolute atomic E-state index is 13.0. The van der Waals surface area contributed by atoms with Crippen molar-refractivity contribution in [3.63, 3.8) is 0 Å². The van der Waals surface area contributed by atoms with Gasteiger partial charge in [-0.3, -0.25) is 9.78 Å². The summed E-state index contributed by atoms with van der Waals surface area (Å²) in [6, 6.07) is 14.5. The van der Waals surface area contributed by atoms with Crippen molar-refractivity contribution in [2.75, 3.05) is 19.7 Å². The van der Waals surface area contributed by atoms with E-state index in [9.17, 15) is 13.2 Å². The number of carbonyl (C=O) groups excluding carboxylic acids is 1. The minimum Gasteiger partial charge on any atom is -0.494 e. The fraction of sp³-hybridized carbons (Fsp3) is 0.385. The van der Waals surface area contributed by atoms with Crippen LogP contribution in [0.5, 0.6) is 5.75 Å². The molecule has 0 radical (unpaired) electrons. The Morgan fingerprint density at radius 2 is 1.91 bits per heavy atom. The predicted molar refractivity (Wildman–Crippen MR) is 130 cm³/mol. The molecule has 0 unspecified atom stereocenters. The van der Waals surface area contributed by atoms with Gasteiger partial charge in [0.25, 0.3) is 10.0 Å². The van der Waals surface area contributed by atoms with E-state index in [2.05, 4.69) is 9.82 Å². The molecule has 5 rings (SSSR count). The first-order valence-corrected chi connectivity index (χ1v) is 13.4. The average Bonchev–Trinajstić information content (AvgIpc) is 3.61. The summed E-state index contributed by atoms with van der Waals surface area (Å²) in [5.74, 6) is 1.66. The summed E-state index contributed by atoms with van der Waals surface area (Å²) in [6.07, 6.45) is 8.08. The van der Waals surface area contributed by atoms with E-state index < -0.39 is 10.0 Å². The molecule has 1 aromatic heterocycles. The molecule has 3 aromatic rings. The molecule has 1 aliphatic heterocycles. The van der Waals surface area contributed by atoms with Crippen LogP contribution >= 0.6 is 0 Å². The first kappa shape index (κ1) is 23.0. The van der Waals surface area contributed by atoms with Crippen LogP contribution in [0.4, 0.5) is 0 Å². The van der Waals surface area contributed by atoms with E-state index in [1.165, 1.54) is 0 Å². The van der Waals surface area contributed by atoms with Crippen molar-refractivity contribution in [3.8, 4) is 5.75 Å². The Balaban J connectivity index is 1.08. The summed E-state index contributed by atoms with van der Waals surface area (Å²) in [4.78, 5) is 19.2. The second-order valence-electron chi connectivity index (χ2n) is 9.20. The number of pyridine rings is 1. The molecule has 2 aromatic carbocycles. The van der Waals surface area contributed by atoms with E-state index in [4.69, 9.17) is 4.74 Å². The van der Waals surface area contributed by atoms with Crippen LogP contribution in [0.3, 0.4) is 0 Å². The van der Waals surface area contributed by atoms with Crippen molar-refractivity contribution < 1.29 is 17.9 Å². The molecule has 1 atom stereocenters. The number of nitrogens with one attached hydrogen (secondary N) is 1. The minimum absolute atomic E-state index is 0.228. The number of hydrazine groups is 1. The van der Waals surface area contributed by atoms with Gasteiger partial charge in [0.2, 0.25) is 0 Å². The number of fused-ring (bicyclic) bond motifs is 1. The number of rotatable bonds is 10. The van der Waals surface area contributed by atoms with E-state index in [1.807, 2.05) is 36.4 Å². The van der Waals surface area contributed by atoms with Gasteiger partial charge in [-0.2, -0.15) is 0 Å². The van der Waals surface area contributed by atoms with Gasteiger partial charge >= 0.3 is 0 Å². The zero-order valence-electron chi connectivity index (χ0n) is 19.0. The number of benzene rings is 2. The zero-order valence-corrected chi connectivity index (χ0v) is 19.8. The summed E-state index contributed by atoms with van der Waals surface area (Å²) in [5.41, 5.74) is 0.767. The van der Waals surface area contributed by atoms with E-state index in [-0.39, 0.29) is 16.6 Å². The van der Waals surface area contributed by atoms with Crippen LogP contribution in [0.15, 0.2) is 65.8 Å². The van der Waals surface area contributed by atoms with Crippen LogP contribution < -0.4 is 9.57 Å². The van der Waals surface area contributed by atoms with Crippen molar-refractivity contribution in [1.29, 1.82) is 0 Å². The molecule has 178 valence electrons. The van der Waals surface area contributed by atoms with Crippen molar-refractivity contribution in [3.05, 3.63) is 66.5 Å². The molecule has 8 heteroatoms. The molecule has 0 amide bonds. The van der Waals surface area contributed by atoms with E-state index in [0.29, 0.717) is 31.0 Å². The summed E-state index contributed by atoms with van der Waals surface area (Å²) >= 11 is 0. The Kier molecular flexibility index (Phi) is 6.63. The quantitative estimate of drug-likeness (QED) is 0.346.